The Morgan fingerprint density at radius 1 is 1.21 bits per heavy atom. The van der Waals surface area contributed by atoms with Crippen LogP contribution in [0.3, 0.4) is 0 Å². The predicted molar refractivity (Wildman–Crippen MR) is 72.8 cm³/mol. The molecule has 0 radical (unpaired) electrons. The summed E-state index contributed by atoms with van der Waals surface area (Å²) in [6.45, 7) is 0. The van der Waals surface area contributed by atoms with Crippen molar-refractivity contribution >= 4 is 12.0 Å². The zero-order valence-corrected chi connectivity index (χ0v) is 10.6. The highest BCUT2D eigenvalue weighted by atomic mass is 16.5. The maximum atomic E-state index is 6.59. The average Bonchev–Trinajstić information content (AvgIpc) is 2.48. The number of methoxy groups -OCH3 is 1. The first-order chi connectivity index (χ1) is 9.25. The molecule has 1 aliphatic heterocycles. The summed E-state index contributed by atoms with van der Waals surface area (Å²) in [5, 5.41) is 0. The van der Waals surface area contributed by atoms with Crippen LogP contribution in [0.1, 0.15) is 17.7 Å². The number of hydrogen-bond donors (Lipinski definition) is 1. The van der Waals surface area contributed by atoms with Crippen LogP contribution in [-0.4, -0.2) is 23.3 Å². The molecule has 3 heterocycles. The molecule has 0 saturated carbocycles. The molecular weight excluding hydrogens is 240 g/mol. The molecule has 0 bridgehead atoms. The minimum atomic E-state index is -0.752. The fraction of sp³-hybridized carbons (Fsp3) is 0.214. The van der Waals surface area contributed by atoms with Gasteiger partial charge in [0.15, 0.2) is 5.82 Å². The quantitative estimate of drug-likeness (QED) is 0.886. The van der Waals surface area contributed by atoms with Crippen LogP contribution in [0.25, 0.3) is 0 Å². The van der Waals surface area contributed by atoms with Crippen molar-refractivity contribution in [1.82, 2.24) is 9.97 Å². The van der Waals surface area contributed by atoms with Gasteiger partial charge in [-0.2, -0.15) is 0 Å². The van der Waals surface area contributed by atoms with Crippen molar-refractivity contribution in [3.8, 4) is 5.75 Å². The van der Waals surface area contributed by atoms with Gasteiger partial charge in [0.25, 0.3) is 0 Å². The largest absolute Gasteiger partial charge is 0.495 e. The van der Waals surface area contributed by atoms with Crippen molar-refractivity contribution in [1.29, 1.82) is 0 Å². The molecule has 1 atom stereocenters. The molecule has 0 aromatic carbocycles. The van der Waals surface area contributed by atoms with Gasteiger partial charge in [-0.05, 0) is 18.2 Å². The van der Waals surface area contributed by atoms with Crippen molar-refractivity contribution in [3.63, 3.8) is 0 Å². The lowest BCUT2D eigenvalue weighted by Crippen LogP contribution is -2.41. The number of ether oxygens (including phenoxy) is 1. The maximum Gasteiger partial charge on any atom is 0.156 e. The second-order valence-corrected chi connectivity index (χ2v) is 4.42. The van der Waals surface area contributed by atoms with Crippen molar-refractivity contribution in [3.05, 3.63) is 47.9 Å². The van der Waals surface area contributed by atoms with E-state index in [0.29, 0.717) is 23.7 Å². The van der Waals surface area contributed by atoms with Crippen molar-refractivity contribution in [2.45, 2.75) is 12.0 Å². The number of hydrogen-bond acceptors (Lipinski definition) is 5. The van der Waals surface area contributed by atoms with Crippen LogP contribution in [0.5, 0.6) is 5.75 Å². The zero-order valence-electron chi connectivity index (χ0n) is 10.6. The maximum absolute atomic E-state index is 6.59. The third-order valence-corrected chi connectivity index (χ3v) is 3.31. The van der Waals surface area contributed by atoms with E-state index in [4.69, 9.17) is 10.5 Å². The van der Waals surface area contributed by atoms with Crippen LogP contribution >= 0.6 is 0 Å². The van der Waals surface area contributed by atoms with Crippen LogP contribution in [-0.2, 0) is 5.54 Å². The highest BCUT2D eigenvalue weighted by Crippen LogP contribution is 2.39. The zero-order chi connectivity index (χ0) is 13.3. The van der Waals surface area contributed by atoms with Gasteiger partial charge in [0, 0.05) is 30.6 Å². The van der Waals surface area contributed by atoms with E-state index >= 15 is 0 Å². The summed E-state index contributed by atoms with van der Waals surface area (Å²) in [4.78, 5) is 12.9. The number of nitrogens with two attached hydrogens (primary N) is 1. The third kappa shape index (κ3) is 1.79. The van der Waals surface area contributed by atoms with Gasteiger partial charge in [-0.3, -0.25) is 4.98 Å². The molecule has 1 aliphatic rings. The fourth-order valence-corrected chi connectivity index (χ4v) is 2.35. The van der Waals surface area contributed by atoms with Gasteiger partial charge in [0.2, 0.25) is 0 Å². The van der Waals surface area contributed by atoms with Gasteiger partial charge >= 0.3 is 0 Å². The Labute approximate surface area is 111 Å². The van der Waals surface area contributed by atoms with E-state index < -0.39 is 5.54 Å². The molecule has 1 unspecified atom stereocenters. The number of nitrogens with zero attached hydrogens (tertiary/aromatic N) is 3. The van der Waals surface area contributed by atoms with E-state index in [1.165, 1.54) is 0 Å². The highest BCUT2D eigenvalue weighted by Gasteiger charge is 2.37. The van der Waals surface area contributed by atoms with E-state index in [9.17, 15) is 0 Å². The first kappa shape index (κ1) is 11.8. The minimum Gasteiger partial charge on any atom is -0.495 e. The first-order valence-electron chi connectivity index (χ1n) is 6.02. The molecule has 19 heavy (non-hydrogen) atoms. The summed E-state index contributed by atoms with van der Waals surface area (Å²) < 4.78 is 5.37. The van der Waals surface area contributed by atoms with Crippen LogP contribution in [0.15, 0.2) is 41.7 Å². The summed E-state index contributed by atoms with van der Waals surface area (Å²) in [7, 11) is 1.62. The average molecular weight is 254 g/mol. The minimum absolute atomic E-state index is 0.569. The molecule has 0 saturated heterocycles. The number of fused-ring (bicyclic) bond motifs is 1. The summed E-state index contributed by atoms with van der Waals surface area (Å²) in [6.07, 6.45) is 5.77. The fourth-order valence-electron chi connectivity index (χ4n) is 2.35. The lowest BCUT2D eigenvalue weighted by molar-refractivity contribution is 0.390. The molecule has 2 aromatic rings. The molecule has 96 valence electrons. The number of pyridine rings is 2. The Morgan fingerprint density at radius 3 is 2.84 bits per heavy atom. The second kappa shape index (κ2) is 4.44. The van der Waals surface area contributed by atoms with E-state index in [2.05, 4.69) is 15.0 Å². The summed E-state index contributed by atoms with van der Waals surface area (Å²) in [6, 6.07) is 7.48. The standard InChI is InChI=1S/C14H14N4O/c1-19-11-5-3-7-16-12(11)14(15)6-9-18-13-10(14)4-2-8-17-13/h2-5,7-9H,6,15H2,1H3. The Morgan fingerprint density at radius 2 is 2.00 bits per heavy atom. The molecule has 5 heteroatoms. The van der Waals surface area contributed by atoms with E-state index in [1.807, 2.05) is 24.3 Å². The molecule has 5 nitrogen and oxygen atoms in total. The van der Waals surface area contributed by atoms with Crippen LogP contribution in [0.2, 0.25) is 0 Å². The van der Waals surface area contributed by atoms with Crippen LogP contribution in [0.4, 0.5) is 5.82 Å². The predicted octanol–water partition coefficient (Wildman–Crippen LogP) is 1.79. The van der Waals surface area contributed by atoms with Gasteiger partial charge in [0.1, 0.15) is 11.4 Å². The molecule has 2 aromatic heterocycles. The highest BCUT2D eigenvalue weighted by molar-refractivity contribution is 5.72. The smallest absolute Gasteiger partial charge is 0.156 e. The lowest BCUT2D eigenvalue weighted by Gasteiger charge is -2.31. The summed E-state index contributed by atoms with van der Waals surface area (Å²) in [5.41, 5.74) is 7.42. The van der Waals surface area contributed by atoms with E-state index in [1.54, 1.807) is 25.7 Å². The molecular formula is C14H14N4O. The monoisotopic (exact) mass is 254 g/mol. The van der Waals surface area contributed by atoms with Crippen LogP contribution < -0.4 is 10.5 Å². The van der Waals surface area contributed by atoms with Gasteiger partial charge in [-0.1, -0.05) is 6.07 Å². The third-order valence-electron chi connectivity index (χ3n) is 3.31. The lowest BCUT2D eigenvalue weighted by atomic mass is 9.83. The Bertz CT molecular complexity index is 641. The topological polar surface area (TPSA) is 73.4 Å². The molecule has 0 amide bonds. The van der Waals surface area contributed by atoms with Crippen molar-refractivity contribution < 1.29 is 4.74 Å². The molecule has 3 rings (SSSR count). The van der Waals surface area contributed by atoms with Crippen molar-refractivity contribution in [2.75, 3.05) is 7.11 Å². The van der Waals surface area contributed by atoms with Gasteiger partial charge < -0.3 is 10.5 Å². The normalized spacial score (nSPS) is 20.9. The summed E-state index contributed by atoms with van der Waals surface area (Å²) >= 11 is 0. The number of rotatable bonds is 2. The second-order valence-electron chi connectivity index (χ2n) is 4.42. The van der Waals surface area contributed by atoms with Gasteiger partial charge in [0.05, 0.1) is 12.6 Å². The number of aliphatic imine (C=N–C) groups is 1. The first-order valence-corrected chi connectivity index (χ1v) is 6.02. The number of aromatic nitrogens is 2. The van der Waals surface area contributed by atoms with E-state index in [0.717, 1.165) is 5.56 Å². The SMILES string of the molecule is COc1cccnc1C1(N)CC=Nc2ncccc21. The van der Waals surface area contributed by atoms with Crippen molar-refractivity contribution in [2.24, 2.45) is 10.7 Å². The Balaban J connectivity index is 2.21. The molecule has 0 aliphatic carbocycles. The Kier molecular flexibility index (Phi) is 2.76. The van der Waals surface area contributed by atoms with Gasteiger partial charge in [-0.15, -0.1) is 0 Å². The molecule has 2 N–H and O–H groups in total. The van der Waals surface area contributed by atoms with E-state index in [-0.39, 0.29) is 0 Å². The molecule has 0 spiro atoms. The molecule has 0 fully saturated rings. The summed E-state index contributed by atoms with van der Waals surface area (Å²) in [5.74, 6) is 1.32. The van der Waals surface area contributed by atoms with Crippen LogP contribution in [0, 0.1) is 0 Å². The Hall–Kier alpha value is -2.27. The van der Waals surface area contributed by atoms with Gasteiger partial charge in [-0.25, -0.2) is 9.98 Å².